The molecule has 69 heavy (non-hydrogen) atoms. The van der Waals surface area contributed by atoms with Crippen LogP contribution in [0.15, 0.2) is 261 Å². The highest BCUT2D eigenvalue weighted by atomic mass is 28.3. The van der Waals surface area contributed by atoms with Crippen LogP contribution >= 0.6 is 0 Å². The van der Waals surface area contributed by atoms with Crippen molar-refractivity contribution in [1.82, 2.24) is 24.1 Å². The Kier molecular flexibility index (Phi) is 9.77. The maximum absolute atomic E-state index is 5.54. The van der Waals surface area contributed by atoms with E-state index in [1.54, 1.807) is 0 Å². The van der Waals surface area contributed by atoms with Gasteiger partial charge in [-0.2, -0.15) is 15.0 Å². The summed E-state index contributed by atoms with van der Waals surface area (Å²) in [6, 6.07) is 93.9. The van der Waals surface area contributed by atoms with Crippen molar-refractivity contribution < 1.29 is 0 Å². The maximum Gasteiger partial charge on any atom is 0.240 e. The second-order valence-electron chi connectivity index (χ2n) is 17.6. The van der Waals surface area contributed by atoms with Gasteiger partial charge >= 0.3 is 0 Å². The van der Waals surface area contributed by atoms with Crippen LogP contribution in [0, 0.1) is 0 Å². The smallest absolute Gasteiger partial charge is 0.240 e. The van der Waals surface area contributed by atoms with Crippen LogP contribution in [-0.4, -0.2) is 32.2 Å². The Bertz CT molecular complexity index is 3740. The van der Waals surface area contributed by atoms with Crippen molar-refractivity contribution in [1.29, 1.82) is 0 Å². The molecule has 0 aliphatic carbocycles. The van der Waals surface area contributed by atoms with Crippen molar-refractivity contribution in [2.24, 2.45) is 0 Å². The Labute approximate surface area is 400 Å². The van der Waals surface area contributed by atoms with Crippen LogP contribution in [0.1, 0.15) is 0 Å². The van der Waals surface area contributed by atoms with Gasteiger partial charge in [-0.3, -0.25) is 9.13 Å². The molecule has 3 heterocycles. The van der Waals surface area contributed by atoms with Crippen LogP contribution < -0.4 is 20.7 Å². The van der Waals surface area contributed by atoms with Gasteiger partial charge in [-0.15, -0.1) is 0 Å². The maximum atomic E-state index is 5.54. The summed E-state index contributed by atoms with van der Waals surface area (Å²) >= 11 is 0. The number of fused-ring (bicyclic) bond motifs is 6. The Morgan fingerprint density at radius 3 is 1.01 bits per heavy atom. The lowest BCUT2D eigenvalue weighted by atomic mass is 10.0. The molecule has 0 spiro atoms. The monoisotopic (exact) mass is 897 g/mol. The van der Waals surface area contributed by atoms with Gasteiger partial charge in [-0.1, -0.05) is 237 Å². The third-order valence-corrected chi connectivity index (χ3v) is 18.6. The van der Waals surface area contributed by atoms with Crippen molar-refractivity contribution in [2.45, 2.75) is 0 Å². The quantitative estimate of drug-likeness (QED) is 0.107. The second kappa shape index (κ2) is 16.7. The zero-order valence-electron chi connectivity index (χ0n) is 37.6. The summed E-state index contributed by atoms with van der Waals surface area (Å²) in [7, 11) is -2.78. The molecule has 10 aromatic carbocycles. The highest BCUT2D eigenvalue weighted by Crippen LogP contribution is 2.38. The van der Waals surface area contributed by atoms with E-state index in [0.717, 1.165) is 71.4 Å². The number of hydrogen-bond acceptors (Lipinski definition) is 3. The molecule has 6 heteroatoms. The Hall–Kier alpha value is -8.97. The first-order valence-corrected chi connectivity index (χ1v) is 25.4. The van der Waals surface area contributed by atoms with E-state index in [1.165, 1.54) is 20.7 Å². The first kappa shape index (κ1) is 40.3. The van der Waals surface area contributed by atoms with E-state index in [9.17, 15) is 0 Å². The van der Waals surface area contributed by atoms with Crippen LogP contribution in [0.2, 0.25) is 0 Å². The fraction of sp³-hybridized carbons (Fsp3) is 0. The molecular weight excluding hydrogens is 855 g/mol. The molecule has 0 aliphatic rings. The largest absolute Gasteiger partial charge is 0.278 e. The topological polar surface area (TPSA) is 48.5 Å². The summed E-state index contributed by atoms with van der Waals surface area (Å²) in [6.07, 6.45) is 0. The van der Waals surface area contributed by atoms with Gasteiger partial charge in [0.15, 0.2) is 13.9 Å². The van der Waals surface area contributed by atoms with Crippen molar-refractivity contribution >= 4 is 72.4 Å². The minimum absolute atomic E-state index is 0.540. The molecule has 13 rings (SSSR count). The molecule has 3 aromatic heterocycles. The van der Waals surface area contributed by atoms with E-state index in [0.29, 0.717) is 17.7 Å². The number of rotatable bonds is 9. The normalized spacial score (nSPS) is 11.8. The van der Waals surface area contributed by atoms with E-state index >= 15 is 0 Å². The van der Waals surface area contributed by atoms with E-state index < -0.39 is 8.07 Å². The number of hydrogen-bond donors (Lipinski definition) is 0. The summed E-state index contributed by atoms with van der Waals surface area (Å²) in [4.78, 5) is 16.5. The van der Waals surface area contributed by atoms with E-state index in [4.69, 9.17) is 15.0 Å². The predicted octanol–water partition coefficient (Wildman–Crippen LogP) is 12.4. The van der Waals surface area contributed by atoms with E-state index in [-0.39, 0.29) is 0 Å². The lowest BCUT2D eigenvalue weighted by molar-refractivity contribution is 0.893. The third-order valence-electron chi connectivity index (χ3n) is 13.8. The molecule has 0 saturated carbocycles. The fourth-order valence-corrected chi connectivity index (χ4v) is 15.4. The minimum atomic E-state index is -2.78. The molecule has 0 radical (unpaired) electrons. The average Bonchev–Trinajstić information content (AvgIpc) is 3.95. The number of aromatic nitrogens is 5. The molecule has 0 atom stereocenters. The lowest BCUT2D eigenvalue weighted by Gasteiger charge is -2.34. The summed E-state index contributed by atoms with van der Waals surface area (Å²) in [5.74, 6) is 1.67. The molecule has 0 amide bonds. The van der Waals surface area contributed by atoms with Crippen LogP contribution in [0.5, 0.6) is 0 Å². The molecule has 0 aliphatic heterocycles. The molecule has 0 saturated heterocycles. The molecule has 0 unspecified atom stereocenters. The van der Waals surface area contributed by atoms with Crippen LogP contribution in [-0.2, 0) is 0 Å². The molecule has 5 nitrogen and oxygen atoms in total. The van der Waals surface area contributed by atoms with E-state index in [1.807, 2.05) is 0 Å². The number of benzene rings is 10. The van der Waals surface area contributed by atoms with Crippen LogP contribution in [0.4, 0.5) is 0 Å². The summed E-state index contributed by atoms with van der Waals surface area (Å²) in [6.45, 7) is 0. The van der Waals surface area contributed by atoms with E-state index in [2.05, 4.69) is 270 Å². The van der Waals surface area contributed by atoms with Gasteiger partial charge in [0.2, 0.25) is 11.9 Å². The van der Waals surface area contributed by atoms with Crippen LogP contribution in [0.3, 0.4) is 0 Å². The standard InChI is InChI=1S/C63H43N5Si/c1-6-20-44(21-7-1)47-36-40-55-56-41-37-48(45-22-8-2-9-23-45)43-60(56)68(59(55)42-47)63-65-61(64-62(66-63)67-57-32-18-16-30-53(57)54-31-17-19-33-58(54)67)46-34-38-52(39-35-46)69(49-24-10-3-11-25-49,50-26-12-4-13-27-50)51-28-14-5-15-29-51/h1-43H. The molecule has 0 bridgehead atoms. The molecule has 0 N–H and O–H groups in total. The zero-order chi connectivity index (χ0) is 45.7. The van der Waals surface area contributed by atoms with Crippen molar-refractivity contribution in [2.75, 3.05) is 0 Å². The SMILES string of the molecule is c1ccc(-c2ccc3c4ccc(-c5ccccc5)cc4n(-c4nc(-c5ccc([Si](c6ccccc6)(c6ccccc6)c6ccccc6)cc5)nc(-n5c6ccccc6c6ccccc65)n4)c3c2)cc1. The predicted molar refractivity (Wildman–Crippen MR) is 288 cm³/mol. The lowest BCUT2D eigenvalue weighted by Crippen LogP contribution is -2.74. The number of para-hydroxylation sites is 2. The first-order valence-electron chi connectivity index (χ1n) is 23.4. The van der Waals surface area contributed by atoms with Gasteiger partial charge in [-0.25, -0.2) is 0 Å². The summed E-state index contributed by atoms with van der Waals surface area (Å²) in [5.41, 5.74) is 9.51. The summed E-state index contributed by atoms with van der Waals surface area (Å²) in [5, 5.41) is 9.77. The first-order chi connectivity index (χ1) is 34.2. The number of nitrogens with zero attached hydrogens (tertiary/aromatic N) is 5. The second-order valence-corrected chi connectivity index (χ2v) is 21.4. The molecule has 13 aromatic rings. The van der Waals surface area contributed by atoms with Gasteiger partial charge in [0.1, 0.15) is 0 Å². The Morgan fingerprint density at radius 2 is 0.580 bits per heavy atom. The Morgan fingerprint density at radius 1 is 0.246 bits per heavy atom. The highest BCUT2D eigenvalue weighted by Gasteiger charge is 2.41. The van der Waals surface area contributed by atoms with Crippen LogP contribution in [0.25, 0.3) is 89.2 Å². The van der Waals surface area contributed by atoms with Crippen molar-refractivity contribution in [3.8, 4) is 45.5 Å². The Balaban J connectivity index is 1.09. The highest BCUT2D eigenvalue weighted by molar-refractivity contribution is 7.19. The molecule has 0 fully saturated rings. The van der Waals surface area contributed by atoms with Gasteiger partial charge in [-0.05, 0) is 67.3 Å². The van der Waals surface area contributed by atoms with Crippen molar-refractivity contribution in [3.05, 3.63) is 261 Å². The van der Waals surface area contributed by atoms with Gasteiger partial charge < -0.3 is 0 Å². The van der Waals surface area contributed by atoms with Gasteiger partial charge in [0.25, 0.3) is 0 Å². The van der Waals surface area contributed by atoms with Crippen molar-refractivity contribution in [3.63, 3.8) is 0 Å². The molecular formula is C63H43N5Si. The zero-order valence-corrected chi connectivity index (χ0v) is 38.6. The fourth-order valence-electron chi connectivity index (χ4n) is 10.6. The third kappa shape index (κ3) is 6.72. The average molecular weight is 898 g/mol. The molecule has 324 valence electrons. The minimum Gasteiger partial charge on any atom is -0.278 e. The van der Waals surface area contributed by atoms with Gasteiger partial charge in [0, 0.05) is 27.1 Å². The summed E-state index contributed by atoms with van der Waals surface area (Å²) < 4.78 is 4.45. The van der Waals surface area contributed by atoms with Gasteiger partial charge in [0.05, 0.1) is 22.1 Å².